The number of anilines is 1. The van der Waals surface area contributed by atoms with Crippen molar-refractivity contribution in [2.24, 2.45) is 5.92 Å². The maximum absolute atomic E-state index is 13.2. The number of aryl methyl sites for hydroxylation is 1. The molecule has 0 spiro atoms. The third kappa shape index (κ3) is 5.55. The van der Waals surface area contributed by atoms with Crippen LogP contribution in [-0.2, 0) is 0 Å². The SMILES string of the molecule is Cc1cnc(OC(C)(C)C)c(N2CCC(COc3cccc(F)c3)CC2)n1. The summed E-state index contributed by atoms with van der Waals surface area (Å²) in [5.41, 5.74) is 0.554. The average molecular weight is 373 g/mol. The van der Waals surface area contributed by atoms with Crippen LogP contribution < -0.4 is 14.4 Å². The summed E-state index contributed by atoms with van der Waals surface area (Å²) in [6, 6.07) is 6.30. The highest BCUT2D eigenvalue weighted by atomic mass is 19.1. The van der Waals surface area contributed by atoms with Crippen LogP contribution in [0.1, 0.15) is 39.3 Å². The van der Waals surface area contributed by atoms with E-state index in [0.29, 0.717) is 24.2 Å². The first kappa shape index (κ1) is 19.4. The molecule has 6 heteroatoms. The number of piperidine rings is 1. The summed E-state index contributed by atoms with van der Waals surface area (Å²) in [7, 11) is 0. The van der Waals surface area contributed by atoms with Gasteiger partial charge in [0.05, 0.1) is 18.5 Å². The molecule has 0 saturated carbocycles. The highest BCUT2D eigenvalue weighted by Gasteiger charge is 2.25. The van der Waals surface area contributed by atoms with Crippen molar-refractivity contribution in [1.29, 1.82) is 0 Å². The van der Waals surface area contributed by atoms with E-state index >= 15 is 0 Å². The highest BCUT2D eigenvalue weighted by molar-refractivity contribution is 5.49. The van der Waals surface area contributed by atoms with E-state index in [0.717, 1.165) is 37.4 Å². The van der Waals surface area contributed by atoms with Gasteiger partial charge >= 0.3 is 0 Å². The lowest BCUT2D eigenvalue weighted by Gasteiger charge is -2.34. The number of nitrogens with zero attached hydrogens (tertiary/aromatic N) is 3. The smallest absolute Gasteiger partial charge is 0.258 e. The van der Waals surface area contributed by atoms with Gasteiger partial charge in [0, 0.05) is 19.2 Å². The Hall–Kier alpha value is -2.37. The zero-order valence-electron chi connectivity index (χ0n) is 16.5. The molecule has 2 aromatic rings. The van der Waals surface area contributed by atoms with Gasteiger partial charge in [0.25, 0.3) is 5.88 Å². The standard InChI is InChI=1S/C21H28FN3O2/c1-15-13-23-20(27-21(2,3)4)19(24-15)25-10-8-16(9-11-25)14-26-18-7-5-6-17(22)12-18/h5-7,12-13,16H,8-11,14H2,1-4H3. The van der Waals surface area contributed by atoms with E-state index in [-0.39, 0.29) is 11.4 Å². The maximum atomic E-state index is 13.2. The average Bonchev–Trinajstić information content (AvgIpc) is 2.61. The van der Waals surface area contributed by atoms with Crippen LogP contribution in [0, 0.1) is 18.7 Å². The fraction of sp³-hybridized carbons (Fsp3) is 0.524. The van der Waals surface area contributed by atoms with Crippen molar-refractivity contribution < 1.29 is 13.9 Å². The Bertz CT molecular complexity index is 768. The number of hydrogen-bond acceptors (Lipinski definition) is 5. The molecule has 1 aromatic heterocycles. The molecule has 1 saturated heterocycles. The van der Waals surface area contributed by atoms with Crippen molar-refractivity contribution in [1.82, 2.24) is 9.97 Å². The van der Waals surface area contributed by atoms with Crippen LogP contribution in [0.25, 0.3) is 0 Å². The van der Waals surface area contributed by atoms with Gasteiger partial charge in [-0.05, 0) is 58.6 Å². The fourth-order valence-electron chi connectivity index (χ4n) is 3.10. The predicted molar refractivity (Wildman–Crippen MR) is 104 cm³/mol. The van der Waals surface area contributed by atoms with Crippen molar-refractivity contribution in [3.05, 3.63) is 42.0 Å². The van der Waals surface area contributed by atoms with E-state index in [1.54, 1.807) is 18.3 Å². The Kier molecular flexibility index (Phi) is 5.82. The molecule has 0 amide bonds. The van der Waals surface area contributed by atoms with Gasteiger partial charge in [-0.1, -0.05) is 6.07 Å². The van der Waals surface area contributed by atoms with Gasteiger partial charge < -0.3 is 14.4 Å². The number of benzene rings is 1. The maximum Gasteiger partial charge on any atom is 0.258 e. The molecule has 1 aliphatic heterocycles. The Morgan fingerprint density at radius 3 is 2.63 bits per heavy atom. The monoisotopic (exact) mass is 373 g/mol. The molecule has 1 aromatic carbocycles. The Morgan fingerprint density at radius 2 is 1.96 bits per heavy atom. The molecule has 2 heterocycles. The molecule has 27 heavy (non-hydrogen) atoms. The van der Waals surface area contributed by atoms with E-state index in [2.05, 4.69) is 14.9 Å². The fourth-order valence-corrected chi connectivity index (χ4v) is 3.10. The van der Waals surface area contributed by atoms with Crippen LogP contribution in [0.2, 0.25) is 0 Å². The molecule has 1 fully saturated rings. The Balaban J connectivity index is 1.59. The van der Waals surface area contributed by atoms with E-state index in [1.165, 1.54) is 12.1 Å². The van der Waals surface area contributed by atoms with E-state index < -0.39 is 0 Å². The van der Waals surface area contributed by atoms with Gasteiger partial charge in [-0.15, -0.1) is 0 Å². The van der Waals surface area contributed by atoms with E-state index in [1.807, 2.05) is 27.7 Å². The minimum Gasteiger partial charge on any atom is -0.493 e. The van der Waals surface area contributed by atoms with Gasteiger partial charge in [-0.25, -0.2) is 14.4 Å². The van der Waals surface area contributed by atoms with Crippen LogP contribution in [-0.4, -0.2) is 35.3 Å². The second-order valence-electron chi connectivity index (χ2n) is 8.05. The van der Waals surface area contributed by atoms with Crippen molar-refractivity contribution in [3.63, 3.8) is 0 Å². The van der Waals surface area contributed by atoms with Crippen LogP contribution >= 0.6 is 0 Å². The minimum atomic E-state index is -0.324. The third-order valence-corrected chi connectivity index (χ3v) is 4.44. The topological polar surface area (TPSA) is 47.5 Å². The zero-order chi connectivity index (χ0) is 19.4. The van der Waals surface area contributed by atoms with Crippen LogP contribution in [0.15, 0.2) is 30.5 Å². The lowest BCUT2D eigenvalue weighted by Crippen LogP contribution is -2.37. The quantitative estimate of drug-likeness (QED) is 0.778. The van der Waals surface area contributed by atoms with Gasteiger partial charge in [0.15, 0.2) is 5.82 Å². The largest absolute Gasteiger partial charge is 0.493 e. The summed E-state index contributed by atoms with van der Waals surface area (Å²) in [5, 5.41) is 0. The summed E-state index contributed by atoms with van der Waals surface area (Å²) in [6.45, 7) is 10.3. The first-order chi connectivity index (χ1) is 12.8. The first-order valence-corrected chi connectivity index (χ1v) is 9.46. The van der Waals surface area contributed by atoms with Crippen LogP contribution in [0.5, 0.6) is 11.6 Å². The molecular weight excluding hydrogens is 345 g/mol. The molecule has 0 radical (unpaired) electrons. The summed E-state index contributed by atoms with van der Waals surface area (Å²) in [6.07, 6.45) is 3.71. The second kappa shape index (κ2) is 8.11. The number of rotatable bonds is 5. The molecule has 0 aliphatic carbocycles. The van der Waals surface area contributed by atoms with Crippen molar-refractivity contribution in [2.75, 3.05) is 24.6 Å². The second-order valence-corrected chi connectivity index (χ2v) is 8.05. The van der Waals surface area contributed by atoms with Crippen molar-refractivity contribution in [3.8, 4) is 11.6 Å². The van der Waals surface area contributed by atoms with Crippen LogP contribution in [0.3, 0.4) is 0 Å². The zero-order valence-corrected chi connectivity index (χ0v) is 16.5. The number of hydrogen-bond donors (Lipinski definition) is 0. The highest BCUT2D eigenvalue weighted by Crippen LogP contribution is 2.30. The first-order valence-electron chi connectivity index (χ1n) is 9.46. The molecule has 0 unspecified atom stereocenters. The predicted octanol–water partition coefficient (Wildman–Crippen LogP) is 4.40. The summed E-state index contributed by atoms with van der Waals surface area (Å²) in [4.78, 5) is 11.4. The molecule has 1 aliphatic rings. The van der Waals surface area contributed by atoms with Gasteiger partial charge in [0.1, 0.15) is 17.2 Å². The van der Waals surface area contributed by atoms with Gasteiger partial charge in [-0.2, -0.15) is 0 Å². The molecule has 0 bridgehead atoms. The van der Waals surface area contributed by atoms with Gasteiger partial charge in [-0.3, -0.25) is 0 Å². The summed E-state index contributed by atoms with van der Waals surface area (Å²) in [5.74, 6) is 2.15. The molecule has 0 N–H and O–H groups in total. The molecule has 0 atom stereocenters. The summed E-state index contributed by atoms with van der Waals surface area (Å²) < 4.78 is 25.0. The summed E-state index contributed by atoms with van der Waals surface area (Å²) >= 11 is 0. The lowest BCUT2D eigenvalue weighted by molar-refractivity contribution is 0.123. The molecule has 5 nitrogen and oxygen atoms in total. The van der Waals surface area contributed by atoms with E-state index in [9.17, 15) is 4.39 Å². The number of ether oxygens (including phenoxy) is 2. The number of aromatic nitrogens is 2. The Morgan fingerprint density at radius 1 is 1.22 bits per heavy atom. The minimum absolute atomic E-state index is 0.272. The molecule has 146 valence electrons. The van der Waals surface area contributed by atoms with Crippen LogP contribution in [0.4, 0.5) is 10.2 Å². The molecular formula is C21H28FN3O2. The Labute approximate surface area is 160 Å². The number of halogens is 1. The third-order valence-electron chi connectivity index (χ3n) is 4.44. The van der Waals surface area contributed by atoms with Crippen molar-refractivity contribution >= 4 is 5.82 Å². The lowest BCUT2D eigenvalue weighted by atomic mass is 9.98. The van der Waals surface area contributed by atoms with E-state index in [4.69, 9.17) is 9.47 Å². The normalized spacial score (nSPS) is 15.7. The van der Waals surface area contributed by atoms with Gasteiger partial charge in [0.2, 0.25) is 0 Å². The van der Waals surface area contributed by atoms with Crippen molar-refractivity contribution in [2.45, 2.75) is 46.1 Å². The molecule has 3 rings (SSSR count).